The largest absolute Gasteiger partial charge is 0.497 e. The molecule has 2 heterocycles. The number of aromatic nitrogens is 2. The van der Waals surface area contributed by atoms with Crippen LogP contribution < -0.4 is 10.4 Å². The second kappa shape index (κ2) is 6.80. The van der Waals surface area contributed by atoms with Gasteiger partial charge in [0.15, 0.2) is 0 Å². The number of nitrogens with zero attached hydrogens (tertiary/aromatic N) is 1. The van der Waals surface area contributed by atoms with Crippen LogP contribution in [0.2, 0.25) is 0 Å². The van der Waals surface area contributed by atoms with Gasteiger partial charge in [0.2, 0.25) is 0 Å². The molecule has 5 nitrogen and oxygen atoms in total. The van der Waals surface area contributed by atoms with Crippen LogP contribution in [0.1, 0.15) is 5.76 Å². The topological polar surface area (TPSA) is 60.2 Å². The standard InChI is InChI=1S/C21H18N2O3/c1-25-17-11-9-16(10-12-17)20-19(15-6-3-2-4-7-15)22-21(24)23(20)14-18-8-5-13-26-18/h2-13H,14H2,1H3,(H,22,24). The summed E-state index contributed by atoms with van der Waals surface area (Å²) in [6, 6.07) is 21.2. The van der Waals surface area contributed by atoms with Crippen LogP contribution in [0.4, 0.5) is 0 Å². The Bertz CT molecular complexity index is 1040. The molecule has 0 fully saturated rings. The van der Waals surface area contributed by atoms with E-state index in [0.29, 0.717) is 6.54 Å². The molecular weight excluding hydrogens is 328 g/mol. The molecule has 26 heavy (non-hydrogen) atoms. The quantitative estimate of drug-likeness (QED) is 0.590. The minimum Gasteiger partial charge on any atom is -0.497 e. The third-order valence-electron chi connectivity index (χ3n) is 4.30. The van der Waals surface area contributed by atoms with E-state index in [2.05, 4.69) is 4.98 Å². The molecule has 0 radical (unpaired) electrons. The molecule has 4 aromatic rings. The van der Waals surface area contributed by atoms with E-state index in [0.717, 1.165) is 34.0 Å². The summed E-state index contributed by atoms with van der Waals surface area (Å²) in [5, 5.41) is 0. The van der Waals surface area contributed by atoms with Crippen LogP contribution >= 0.6 is 0 Å². The molecule has 4 rings (SSSR count). The lowest BCUT2D eigenvalue weighted by atomic mass is 10.0. The number of methoxy groups -OCH3 is 1. The van der Waals surface area contributed by atoms with Gasteiger partial charge in [0, 0.05) is 11.1 Å². The Balaban J connectivity index is 1.90. The molecule has 0 spiro atoms. The van der Waals surface area contributed by atoms with Crippen molar-refractivity contribution in [2.45, 2.75) is 6.54 Å². The first-order chi connectivity index (χ1) is 12.8. The summed E-state index contributed by atoms with van der Waals surface area (Å²) in [7, 11) is 1.63. The second-order valence-corrected chi connectivity index (χ2v) is 5.91. The van der Waals surface area contributed by atoms with Crippen LogP contribution in [-0.2, 0) is 6.54 Å². The van der Waals surface area contributed by atoms with Crippen molar-refractivity contribution in [2.75, 3.05) is 7.11 Å². The van der Waals surface area contributed by atoms with E-state index in [1.54, 1.807) is 17.9 Å². The van der Waals surface area contributed by atoms with E-state index < -0.39 is 0 Å². The van der Waals surface area contributed by atoms with Gasteiger partial charge in [-0.25, -0.2) is 4.79 Å². The Hall–Kier alpha value is -3.47. The first-order valence-corrected chi connectivity index (χ1v) is 8.31. The first kappa shape index (κ1) is 16.0. The highest BCUT2D eigenvalue weighted by molar-refractivity contribution is 5.78. The van der Waals surface area contributed by atoms with E-state index in [-0.39, 0.29) is 5.69 Å². The molecule has 0 unspecified atom stereocenters. The maximum Gasteiger partial charge on any atom is 0.326 e. The number of nitrogens with one attached hydrogen (secondary N) is 1. The van der Waals surface area contributed by atoms with Crippen LogP contribution in [0.3, 0.4) is 0 Å². The molecule has 0 aliphatic carbocycles. The molecule has 0 bridgehead atoms. The smallest absolute Gasteiger partial charge is 0.326 e. The lowest BCUT2D eigenvalue weighted by Crippen LogP contribution is -2.18. The molecular formula is C21H18N2O3. The Kier molecular flexibility index (Phi) is 4.19. The normalized spacial score (nSPS) is 10.8. The highest BCUT2D eigenvalue weighted by Crippen LogP contribution is 2.31. The lowest BCUT2D eigenvalue weighted by molar-refractivity contribution is 0.415. The van der Waals surface area contributed by atoms with Crippen molar-refractivity contribution in [3.05, 3.63) is 89.2 Å². The van der Waals surface area contributed by atoms with Crippen LogP contribution in [0, 0.1) is 0 Å². The van der Waals surface area contributed by atoms with Crippen molar-refractivity contribution in [1.29, 1.82) is 0 Å². The molecule has 0 saturated carbocycles. The van der Waals surface area contributed by atoms with Crippen molar-refractivity contribution in [3.63, 3.8) is 0 Å². The van der Waals surface area contributed by atoms with E-state index in [1.165, 1.54) is 0 Å². The van der Waals surface area contributed by atoms with Crippen LogP contribution in [-0.4, -0.2) is 16.7 Å². The molecule has 0 saturated heterocycles. The maximum absolute atomic E-state index is 12.7. The van der Waals surface area contributed by atoms with Crippen LogP contribution in [0.5, 0.6) is 5.75 Å². The monoisotopic (exact) mass is 346 g/mol. The zero-order chi connectivity index (χ0) is 17.9. The van der Waals surface area contributed by atoms with E-state index in [9.17, 15) is 4.79 Å². The number of hydrogen-bond acceptors (Lipinski definition) is 3. The Morgan fingerprint density at radius 1 is 0.962 bits per heavy atom. The van der Waals surface area contributed by atoms with E-state index in [1.807, 2.05) is 66.7 Å². The van der Waals surface area contributed by atoms with Crippen molar-refractivity contribution < 1.29 is 9.15 Å². The van der Waals surface area contributed by atoms with Crippen LogP contribution in [0.25, 0.3) is 22.5 Å². The Labute approximate surface area is 150 Å². The van der Waals surface area contributed by atoms with Gasteiger partial charge < -0.3 is 14.1 Å². The number of furan rings is 1. The number of aromatic amines is 1. The molecule has 5 heteroatoms. The van der Waals surface area contributed by atoms with Gasteiger partial charge in [0.05, 0.1) is 31.3 Å². The number of H-pyrrole nitrogens is 1. The molecule has 0 atom stereocenters. The number of hydrogen-bond donors (Lipinski definition) is 1. The maximum atomic E-state index is 12.7. The fourth-order valence-corrected chi connectivity index (χ4v) is 3.04. The summed E-state index contributed by atoms with van der Waals surface area (Å²) in [4.78, 5) is 15.7. The average molecular weight is 346 g/mol. The van der Waals surface area contributed by atoms with E-state index >= 15 is 0 Å². The summed E-state index contributed by atoms with van der Waals surface area (Å²) in [6.45, 7) is 0.358. The van der Waals surface area contributed by atoms with Gasteiger partial charge in [0.1, 0.15) is 11.5 Å². The molecule has 0 aliphatic rings. The summed E-state index contributed by atoms with van der Waals surface area (Å²) < 4.78 is 12.4. The minimum absolute atomic E-state index is 0.175. The minimum atomic E-state index is -0.175. The van der Waals surface area contributed by atoms with Gasteiger partial charge >= 0.3 is 5.69 Å². The molecule has 1 N–H and O–H groups in total. The van der Waals surface area contributed by atoms with Crippen LogP contribution in [0.15, 0.2) is 82.2 Å². The van der Waals surface area contributed by atoms with E-state index in [4.69, 9.17) is 9.15 Å². The Morgan fingerprint density at radius 2 is 1.73 bits per heavy atom. The van der Waals surface area contributed by atoms with Gasteiger partial charge in [0.25, 0.3) is 0 Å². The average Bonchev–Trinajstić information content (AvgIpc) is 3.31. The Morgan fingerprint density at radius 3 is 2.38 bits per heavy atom. The lowest BCUT2D eigenvalue weighted by Gasteiger charge is -2.10. The third-order valence-corrected chi connectivity index (χ3v) is 4.30. The molecule has 0 amide bonds. The number of rotatable bonds is 5. The van der Waals surface area contributed by atoms with Gasteiger partial charge in [-0.15, -0.1) is 0 Å². The van der Waals surface area contributed by atoms with Gasteiger partial charge in [-0.05, 0) is 36.4 Å². The SMILES string of the molecule is COc1ccc(-c2c(-c3ccccc3)[nH]c(=O)n2Cc2ccco2)cc1. The van der Waals surface area contributed by atoms with Crippen molar-refractivity contribution in [2.24, 2.45) is 0 Å². The summed E-state index contributed by atoms with van der Waals surface area (Å²) in [5.41, 5.74) is 3.31. The fourth-order valence-electron chi connectivity index (χ4n) is 3.04. The van der Waals surface area contributed by atoms with Gasteiger partial charge in [-0.2, -0.15) is 0 Å². The molecule has 2 aromatic heterocycles. The number of ether oxygens (including phenoxy) is 1. The van der Waals surface area contributed by atoms with Crippen molar-refractivity contribution in [1.82, 2.24) is 9.55 Å². The zero-order valence-electron chi connectivity index (χ0n) is 14.3. The van der Waals surface area contributed by atoms with Gasteiger partial charge in [-0.1, -0.05) is 30.3 Å². The second-order valence-electron chi connectivity index (χ2n) is 5.91. The summed E-state index contributed by atoms with van der Waals surface area (Å²) in [5.74, 6) is 1.49. The first-order valence-electron chi connectivity index (χ1n) is 8.31. The molecule has 0 aliphatic heterocycles. The highest BCUT2D eigenvalue weighted by atomic mass is 16.5. The number of imidazole rings is 1. The van der Waals surface area contributed by atoms with Crippen molar-refractivity contribution in [3.8, 4) is 28.3 Å². The predicted molar refractivity (Wildman–Crippen MR) is 100 cm³/mol. The van der Waals surface area contributed by atoms with Gasteiger partial charge in [-0.3, -0.25) is 4.57 Å². The predicted octanol–water partition coefficient (Wildman–Crippen LogP) is 4.16. The fraction of sp³-hybridized carbons (Fsp3) is 0.0952. The summed E-state index contributed by atoms with van der Waals surface area (Å²) >= 11 is 0. The zero-order valence-corrected chi connectivity index (χ0v) is 14.3. The third kappa shape index (κ3) is 2.95. The van der Waals surface area contributed by atoms with Crippen molar-refractivity contribution >= 4 is 0 Å². The number of benzene rings is 2. The molecule has 130 valence electrons. The highest BCUT2D eigenvalue weighted by Gasteiger charge is 2.18. The summed E-state index contributed by atoms with van der Waals surface area (Å²) in [6.07, 6.45) is 1.61. The molecule has 2 aromatic carbocycles.